The quantitative estimate of drug-likeness (QED) is 0.607. The Bertz CT molecular complexity index is 954. The predicted molar refractivity (Wildman–Crippen MR) is 109 cm³/mol. The average Bonchev–Trinajstić information content (AvgIpc) is 2.69. The summed E-state index contributed by atoms with van der Waals surface area (Å²) in [4.78, 5) is 24.6. The molecular weight excluding hydrogens is 408 g/mol. The minimum Gasteiger partial charge on any atom is -0.497 e. The van der Waals surface area contributed by atoms with E-state index in [9.17, 15) is 9.59 Å². The van der Waals surface area contributed by atoms with Gasteiger partial charge in [-0.25, -0.2) is 0 Å². The first-order chi connectivity index (χ1) is 13.1. The van der Waals surface area contributed by atoms with Crippen LogP contribution < -0.4 is 15.4 Å². The summed E-state index contributed by atoms with van der Waals surface area (Å²) in [6.07, 6.45) is 0. The lowest BCUT2D eigenvalue weighted by atomic mass is 10.1. The second-order valence-corrected chi connectivity index (χ2v) is 6.55. The lowest BCUT2D eigenvalue weighted by Crippen LogP contribution is -2.14. The van der Waals surface area contributed by atoms with Crippen LogP contribution in [0.1, 0.15) is 20.7 Å². The fourth-order valence-electron chi connectivity index (χ4n) is 2.43. The first-order valence-electron chi connectivity index (χ1n) is 8.18. The number of benzene rings is 3. The van der Waals surface area contributed by atoms with Gasteiger partial charge in [-0.2, -0.15) is 0 Å². The monoisotopic (exact) mass is 424 g/mol. The van der Waals surface area contributed by atoms with Crippen LogP contribution in [0.3, 0.4) is 0 Å². The van der Waals surface area contributed by atoms with E-state index in [0.29, 0.717) is 22.5 Å². The Balaban J connectivity index is 1.64. The summed E-state index contributed by atoms with van der Waals surface area (Å²) in [5, 5.41) is 5.63. The molecule has 0 spiro atoms. The molecule has 0 heterocycles. The molecule has 0 saturated heterocycles. The number of rotatable bonds is 5. The molecule has 3 aromatic rings. The average molecular weight is 425 g/mol. The first kappa shape index (κ1) is 18.7. The molecule has 3 rings (SSSR count). The summed E-state index contributed by atoms with van der Waals surface area (Å²) in [7, 11) is 1.59. The van der Waals surface area contributed by atoms with Gasteiger partial charge < -0.3 is 15.4 Å². The van der Waals surface area contributed by atoms with Crippen LogP contribution in [0.15, 0.2) is 77.3 Å². The van der Waals surface area contributed by atoms with Gasteiger partial charge in [0.1, 0.15) is 5.75 Å². The van der Waals surface area contributed by atoms with Gasteiger partial charge in [-0.3, -0.25) is 9.59 Å². The van der Waals surface area contributed by atoms with Gasteiger partial charge in [0.25, 0.3) is 11.8 Å². The van der Waals surface area contributed by atoms with Crippen molar-refractivity contribution in [3.05, 3.63) is 88.4 Å². The van der Waals surface area contributed by atoms with Crippen molar-refractivity contribution >= 4 is 39.1 Å². The number of amides is 2. The molecule has 27 heavy (non-hydrogen) atoms. The molecule has 0 aliphatic carbocycles. The smallest absolute Gasteiger partial charge is 0.256 e. The van der Waals surface area contributed by atoms with Crippen molar-refractivity contribution < 1.29 is 14.3 Å². The molecule has 0 radical (unpaired) electrons. The molecule has 0 aromatic heterocycles. The largest absolute Gasteiger partial charge is 0.497 e. The minimum absolute atomic E-state index is 0.224. The second kappa shape index (κ2) is 8.51. The molecule has 0 atom stereocenters. The summed E-state index contributed by atoms with van der Waals surface area (Å²) >= 11 is 3.36. The third-order valence-corrected chi connectivity index (χ3v) is 4.56. The highest BCUT2D eigenvalue weighted by Crippen LogP contribution is 2.19. The maximum Gasteiger partial charge on any atom is 0.256 e. The van der Waals surface area contributed by atoms with Crippen LogP contribution >= 0.6 is 15.9 Å². The maximum atomic E-state index is 12.3. The van der Waals surface area contributed by atoms with Gasteiger partial charge in [-0.05, 0) is 76.6 Å². The van der Waals surface area contributed by atoms with Crippen LogP contribution in [0, 0.1) is 0 Å². The standard InChI is InChI=1S/C21H17BrN2O3/c1-27-17-12-10-16(11-13-17)23-20(25)14-6-8-15(9-7-14)24-21(26)18-4-2-3-5-19(18)22/h2-13H,1H3,(H,23,25)(H,24,26). The molecule has 0 fully saturated rings. The van der Waals surface area contributed by atoms with E-state index >= 15 is 0 Å². The number of ether oxygens (including phenoxy) is 1. The van der Waals surface area contributed by atoms with E-state index in [2.05, 4.69) is 26.6 Å². The molecule has 2 N–H and O–H groups in total. The van der Waals surface area contributed by atoms with Crippen molar-refractivity contribution in [1.29, 1.82) is 0 Å². The fourth-order valence-corrected chi connectivity index (χ4v) is 2.89. The first-order valence-corrected chi connectivity index (χ1v) is 8.97. The lowest BCUT2D eigenvalue weighted by molar-refractivity contribution is 0.101. The van der Waals surface area contributed by atoms with Gasteiger partial charge in [0.15, 0.2) is 0 Å². The Labute approximate surface area is 165 Å². The lowest BCUT2D eigenvalue weighted by Gasteiger charge is -2.09. The molecule has 3 aromatic carbocycles. The number of hydrogen-bond donors (Lipinski definition) is 2. The zero-order chi connectivity index (χ0) is 19.2. The van der Waals surface area contributed by atoms with Gasteiger partial charge in [-0.1, -0.05) is 12.1 Å². The predicted octanol–water partition coefficient (Wildman–Crippen LogP) is 4.96. The minimum atomic E-state index is -0.233. The summed E-state index contributed by atoms with van der Waals surface area (Å²) in [6.45, 7) is 0. The van der Waals surface area contributed by atoms with E-state index in [-0.39, 0.29) is 11.8 Å². The highest BCUT2D eigenvalue weighted by atomic mass is 79.9. The van der Waals surface area contributed by atoms with Crippen molar-refractivity contribution in [2.45, 2.75) is 0 Å². The molecule has 0 unspecified atom stereocenters. The molecule has 0 aliphatic rings. The maximum absolute atomic E-state index is 12.3. The van der Waals surface area contributed by atoms with E-state index in [0.717, 1.165) is 10.2 Å². The van der Waals surface area contributed by atoms with E-state index < -0.39 is 0 Å². The van der Waals surface area contributed by atoms with Crippen LogP contribution in [0.4, 0.5) is 11.4 Å². The van der Waals surface area contributed by atoms with Gasteiger partial charge in [0.05, 0.1) is 12.7 Å². The molecule has 0 saturated carbocycles. The number of nitrogens with one attached hydrogen (secondary N) is 2. The Morgan fingerprint density at radius 3 is 1.93 bits per heavy atom. The Morgan fingerprint density at radius 2 is 1.33 bits per heavy atom. The van der Waals surface area contributed by atoms with E-state index in [1.807, 2.05) is 12.1 Å². The molecule has 6 heteroatoms. The van der Waals surface area contributed by atoms with Crippen LogP contribution in [-0.2, 0) is 0 Å². The molecule has 0 bridgehead atoms. The Kier molecular flexibility index (Phi) is 5.88. The third kappa shape index (κ3) is 4.74. The summed E-state index contributed by atoms with van der Waals surface area (Å²) in [5.74, 6) is 0.264. The van der Waals surface area contributed by atoms with Gasteiger partial charge in [0.2, 0.25) is 0 Å². The van der Waals surface area contributed by atoms with Crippen molar-refractivity contribution in [2.24, 2.45) is 0 Å². The Morgan fingerprint density at radius 1 is 0.778 bits per heavy atom. The highest BCUT2D eigenvalue weighted by Gasteiger charge is 2.11. The summed E-state index contributed by atoms with van der Waals surface area (Å²) < 4.78 is 5.81. The fraction of sp³-hybridized carbons (Fsp3) is 0.0476. The number of anilines is 2. The molecule has 5 nitrogen and oxygen atoms in total. The molecule has 0 aliphatic heterocycles. The number of carbonyl (C=O) groups is 2. The van der Waals surface area contributed by atoms with Gasteiger partial charge in [0, 0.05) is 21.4 Å². The van der Waals surface area contributed by atoms with Crippen molar-refractivity contribution in [3.63, 3.8) is 0 Å². The Hall–Kier alpha value is -3.12. The van der Waals surface area contributed by atoms with E-state index in [4.69, 9.17) is 4.74 Å². The summed E-state index contributed by atoms with van der Waals surface area (Å²) in [6, 6.07) is 21.0. The zero-order valence-electron chi connectivity index (χ0n) is 14.5. The third-order valence-electron chi connectivity index (χ3n) is 3.87. The molecule has 136 valence electrons. The second-order valence-electron chi connectivity index (χ2n) is 5.69. The summed E-state index contributed by atoms with van der Waals surface area (Å²) in [5.41, 5.74) is 2.31. The zero-order valence-corrected chi connectivity index (χ0v) is 16.1. The number of methoxy groups -OCH3 is 1. The van der Waals surface area contributed by atoms with Crippen molar-refractivity contribution in [3.8, 4) is 5.75 Å². The van der Waals surface area contributed by atoms with Crippen LogP contribution in [0.25, 0.3) is 0 Å². The van der Waals surface area contributed by atoms with Crippen molar-refractivity contribution in [1.82, 2.24) is 0 Å². The van der Waals surface area contributed by atoms with Crippen LogP contribution in [0.5, 0.6) is 5.75 Å². The van der Waals surface area contributed by atoms with Gasteiger partial charge in [-0.15, -0.1) is 0 Å². The topological polar surface area (TPSA) is 67.4 Å². The van der Waals surface area contributed by atoms with Gasteiger partial charge >= 0.3 is 0 Å². The van der Waals surface area contributed by atoms with Crippen LogP contribution in [0.2, 0.25) is 0 Å². The number of hydrogen-bond acceptors (Lipinski definition) is 3. The number of halogens is 1. The van der Waals surface area contributed by atoms with Crippen LogP contribution in [-0.4, -0.2) is 18.9 Å². The normalized spacial score (nSPS) is 10.1. The SMILES string of the molecule is COc1ccc(NC(=O)c2ccc(NC(=O)c3ccccc3Br)cc2)cc1. The number of carbonyl (C=O) groups excluding carboxylic acids is 2. The molecular formula is C21H17BrN2O3. The van der Waals surface area contributed by atoms with E-state index in [1.54, 1.807) is 67.8 Å². The van der Waals surface area contributed by atoms with E-state index in [1.165, 1.54) is 0 Å². The molecule has 2 amide bonds. The van der Waals surface area contributed by atoms with Crippen molar-refractivity contribution in [2.75, 3.05) is 17.7 Å². The highest BCUT2D eigenvalue weighted by molar-refractivity contribution is 9.10.